The van der Waals surface area contributed by atoms with Crippen LogP contribution < -0.4 is 14.4 Å². The normalized spacial score (nSPS) is 12.7. The molecule has 0 saturated heterocycles. The van der Waals surface area contributed by atoms with Gasteiger partial charge in [0.15, 0.2) is 0 Å². The van der Waals surface area contributed by atoms with E-state index >= 15 is 0 Å². The Morgan fingerprint density at radius 1 is 0.955 bits per heavy atom. The van der Waals surface area contributed by atoms with E-state index in [1.807, 2.05) is 44.2 Å². The third-order valence-electron chi connectivity index (χ3n) is 7.24. The van der Waals surface area contributed by atoms with Crippen molar-refractivity contribution < 1.29 is 22.7 Å². The van der Waals surface area contributed by atoms with E-state index in [9.17, 15) is 18.0 Å². The third kappa shape index (κ3) is 9.76. The highest BCUT2D eigenvalue weighted by Crippen LogP contribution is 2.31. The van der Waals surface area contributed by atoms with E-state index in [0.29, 0.717) is 33.5 Å². The molecule has 0 unspecified atom stereocenters. The van der Waals surface area contributed by atoms with Gasteiger partial charge in [0.1, 0.15) is 11.8 Å². The lowest BCUT2D eigenvalue weighted by atomic mass is 10.0. The molecule has 0 aliphatic heterocycles. The fraction of sp³-hybridized carbons (Fsp3) is 0.375. The number of sulfonamides is 1. The summed E-state index contributed by atoms with van der Waals surface area (Å²) in [7, 11) is -2.24. The van der Waals surface area contributed by atoms with Crippen molar-refractivity contribution in [2.24, 2.45) is 0 Å². The number of nitrogens with one attached hydrogen (secondary N) is 1. The summed E-state index contributed by atoms with van der Waals surface area (Å²) in [6.45, 7) is 3.87. The zero-order chi connectivity index (χ0) is 32.4. The van der Waals surface area contributed by atoms with E-state index in [-0.39, 0.29) is 55.2 Å². The van der Waals surface area contributed by atoms with Crippen LogP contribution in [0.2, 0.25) is 15.1 Å². The molecule has 0 bridgehead atoms. The van der Waals surface area contributed by atoms with Gasteiger partial charge in [0.2, 0.25) is 21.8 Å². The van der Waals surface area contributed by atoms with Crippen LogP contribution in [0.25, 0.3) is 0 Å². The highest BCUT2D eigenvalue weighted by atomic mass is 35.5. The number of hydrogen-bond donors (Lipinski definition) is 1. The van der Waals surface area contributed by atoms with E-state index in [1.165, 1.54) is 22.4 Å². The number of methoxy groups -OCH3 is 1. The minimum atomic E-state index is -3.71. The van der Waals surface area contributed by atoms with Gasteiger partial charge in [-0.2, -0.15) is 0 Å². The minimum absolute atomic E-state index is 0.00730. The van der Waals surface area contributed by atoms with Crippen molar-refractivity contribution in [3.63, 3.8) is 0 Å². The summed E-state index contributed by atoms with van der Waals surface area (Å²) in [4.78, 5) is 29.2. The number of carbonyl (C=O) groups excluding carboxylic acids is 2. The molecule has 0 aliphatic rings. The van der Waals surface area contributed by atoms with Crippen LogP contribution in [0, 0.1) is 0 Å². The molecule has 2 atom stereocenters. The monoisotopic (exact) mass is 681 g/mol. The first kappa shape index (κ1) is 35.5. The van der Waals surface area contributed by atoms with Crippen LogP contribution in [0.5, 0.6) is 5.75 Å². The number of hydrogen-bond acceptors (Lipinski definition) is 5. The van der Waals surface area contributed by atoms with Gasteiger partial charge in [-0.15, -0.1) is 0 Å². The first-order chi connectivity index (χ1) is 20.8. The Kier molecular flexibility index (Phi) is 13.2. The van der Waals surface area contributed by atoms with Gasteiger partial charge in [0.05, 0.1) is 24.1 Å². The number of amides is 2. The van der Waals surface area contributed by atoms with Gasteiger partial charge in [-0.05, 0) is 55.7 Å². The summed E-state index contributed by atoms with van der Waals surface area (Å²) >= 11 is 19.3. The summed E-state index contributed by atoms with van der Waals surface area (Å²) < 4.78 is 31.8. The number of ether oxygens (including phenoxy) is 1. The topological polar surface area (TPSA) is 96.0 Å². The molecule has 0 saturated carbocycles. The van der Waals surface area contributed by atoms with Crippen molar-refractivity contribution in [1.82, 2.24) is 10.2 Å². The average Bonchev–Trinajstić information content (AvgIpc) is 2.98. The maximum absolute atomic E-state index is 14.0. The standard InChI is InChI=1S/C32H38Cl3N3O5S/c1-5-22(2)36-32(40)29(19-23-11-7-6-8-12-23)37(21-25-26(33)13-9-14-27(25)34)31(39)15-10-18-38(44(4,41)42)24-16-17-30(43-3)28(35)20-24/h6-9,11-14,16-17,20,22,29H,5,10,15,18-19,21H2,1-4H3,(H,36,40)/t22-,29-/m0/s1. The van der Waals surface area contributed by atoms with Crippen molar-refractivity contribution in [1.29, 1.82) is 0 Å². The van der Waals surface area contributed by atoms with E-state index in [1.54, 1.807) is 30.3 Å². The number of rotatable bonds is 15. The summed E-state index contributed by atoms with van der Waals surface area (Å²) in [6.07, 6.45) is 2.20. The Bertz CT molecular complexity index is 1520. The highest BCUT2D eigenvalue weighted by molar-refractivity contribution is 7.92. The molecule has 2 amide bonds. The fourth-order valence-corrected chi connectivity index (χ4v) is 6.39. The minimum Gasteiger partial charge on any atom is -0.495 e. The molecule has 0 spiro atoms. The Morgan fingerprint density at radius 3 is 2.18 bits per heavy atom. The molecule has 3 rings (SSSR count). The van der Waals surface area contributed by atoms with Crippen molar-refractivity contribution in [3.8, 4) is 5.75 Å². The van der Waals surface area contributed by atoms with Gasteiger partial charge in [-0.3, -0.25) is 13.9 Å². The maximum atomic E-state index is 14.0. The van der Waals surface area contributed by atoms with E-state index in [4.69, 9.17) is 39.5 Å². The van der Waals surface area contributed by atoms with Crippen molar-refractivity contribution in [2.75, 3.05) is 24.2 Å². The Hall–Kier alpha value is -2.98. The SMILES string of the molecule is CC[C@H](C)NC(=O)[C@H](Cc1ccccc1)N(Cc1c(Cl)cccc1Cl)C(=O)CCCN(c1ccc(OC)c(Cl)c1)S(C)(=O)=O. The smallest absolute Gasteiger partial charge is 0.243 e. The molecular weight excluding hydrogens is 645 g/mol. The maximum Gasteiger partial charge on any atom is 0.243 e. The third-order valence-corrected chi connectivity index (χ3v) is 9.44. The molecule has 0 radical (unpaired) electrons. The van der Waals surface area contributed by atoms with Crippen LogP contribution >= 0.6 is 34.8 Å². The van der Waals surface area contributed by atoms with Gasteiger partial charge in [-0.1, -0.05) is 78.1 Å². The van der Waals surface area contributed by atoms with Crippen LogP contribution in [0.3, 0.4) is 0 Å². The van der Waals surface area contributed by atoms with Gasteiger partial charge in [0, 0.05) is 47.6 Å². The first-order valence-electron chi connectivity index (χ1n) is 14.2. The van der Waals surface area contributed by atoms with Crippen LogP contribution in [-0.2, 0) is 32.6 Å². The molecule has 3 aromatic rings. The van der Waals surface area contributed by atoms with Gasteiger partial charge >= 0.3 is 0 Å². The number of anilines is 1. The summed E-state index contributed by atoms with van der Waals surface area (Å²) in [5.41, 5.74) is 1.74. The number of carbonyl (C=O) groups is 2. The summed E-state index contributed by atoms with van der Waals surface area (Å²) in [5, 5.41) is 4.02. The Labute approximate surface area is 275 Å². The quantitative estimate of drug-likeness (QED) is 0.191. The van der Waals surface area contributed by atoms with Crippen LogP contribution in [0.1, 0.15) is 44.2 Å². The van der Waals surface area contributed by atoms with Gasteiger partial charge in [0.25, 0.3) is 0 Å². The zero-order valence-corrected chi connectivity index (χ0v) is 28.3. The molecule has 12 heteroatoms. The molecule has 1 N–H and O–H groups in total. The van der Waals surface area contributed by atoms with E-state index in [0.717, 1.165) is 11.8 Å². The highest BCUT2D eigenvalue weighted by Gasteiger charge is 2.32. The lowest BCUT2D eigenvalue weighted by Gasteiger charge is -2.33. The van der Waals surface area contributed by atoms with E-state index < -0.39 is 16.1 Å². The van der Waals surface area contributed by atoms with Crippen LogP contribution in [0.4, 0.5) is 5.69 Å². The Balaban J connectivity index is 1.94. The largest absolute Gasteiger partial charge is 0.495 e. The summed E-state index contributed by atoms with van der Waals surface area (Å²) in [5.74, 6) is -0.235. The number of halogens is 3. The molecule has 0 fully saturated rings. The van der Waals surface area contributed by atoms with Gasteiger partial charge < -0.3 is 15.0 Å². The zero-order valence-electron chi connectivity index (χ0n) is 25.2. The summed E-state index contributed by atoms with van der Waals surface area (Å²) in [6, 6.07) is 18.2. The fourth-order valence-electron chi connectivity index (χ4n) is 4.66. The predicted molar refractivity (Wildman–Crippen MR) is 178 cm³/mol. The lowest BCUT2D eigenvalue weighted by molar-refractivity contribution is -0.141. The number of benzene rings is 3. The molecule has 3 aromatic carbocycles. The first-order valence-corrected chi connectivity index (χ1v) is 17.2. The van der Waals surface area contributed by atoms with Crippen molar-refractivity contribution in [3.05, 3.63) is 92.9 Å². The lowest BCUT2D eigenvalue weighted by Crippen LogP contribution is -2.52. The van der Waals surface area contributed by atoms with Crippen LogP contribution in [0.15, 0.2) is 66.7 Å². The molecule has 0 aliphatic carbocycles. The van der Waals surface area contributed by atoms with E-state index in [2.05, 4.69) is 5.32 Å². The second kappa shape index (κ2) is 16.4. The Morgan fingerprint density at radius 2 is 1.61 bits per heavy atom. The second-order valence-corrected chi connectivity index (χ2v) is 13.6. The molecule has 8 nitrogen and oxygen atoms in total. The number of nitrogens with zero attached hydrogens (tertiary/aromatic N) is 2. The van der Waals surface area contributed by atoms with Crippen molar-refractivity contribution >= 4 is 62.3 Å². The molecular formula is C32H38Cl3N3O5S. The predicted octanol–water partition coefficient (Wildman–Crippen LogP) is 6.76. The van der Waals surface area contributed by atoms with Crippen LogP contribution in [-0.4, -0.2) is 57.1 Å². The molecule has 44 heavy (non-hydrogen) atoms. The molecule has 0 aromatic heterocycles. The molecule has 0 heterocycles. The second-order valence-electron chi connectivity index (χ2n) is 10.5. The van der Waals surface area contributed by atoms with Crippen molar-refractivity contribution in [2.45, 2.75) is 58.2 Å². The van der Waals surface area contributed by atoms with Gasteiger partial charge in [-0.25, -0.2) is 8.42 Å². The molecule has 238 valence electrons. The average molecular weight is 683 g/mol.